The molecule has 1 unspecified atom stereocenters. The molecule has 2 aromatic carbocycles. The van der Waals surface area contributed by atoms with E-state index in [-0.39, 0.29) is 23.9 Å². The van der Waals surface area contributed by atoms with Crippen LogP contribution in [0.1, 0.15) is 5.56 Å². The lowest BCUT2D eigenvalue weighted by atomic mass is 10.0. The third-order valence-corrected chi connectivity index (χ3v) is 4.84. The van der Waals surface area contributed by atoms with Crippen molar-refractivity contribution in [2.45, 2.75) is 6.54 Å². The minimum Gasteiger partial charge on any atom is -0.383 e. The molecule has 158 valence electrons. The second-order valence-corrected chi connectivity index (χ2v) is 7.20. The lowest BCUT2D eigenvalue weighted by Crippen LogP contribution is -2.15. The van der Waals surface area contributed by atoms with Gasteiger partial charge in [-0.1, -0.05) is 24.3 Å². The van der Waals surface area contributed by atoms with Gasteiger partial charge in [0.25, 0.3) is 0 Å². The summed E-state index contributed by atoms with van der Waals surface area (Å²) in [6, 6.07) is 12.6. The van der Waals surface area contributed by atoms with E-state index in [4.69, 9.17) is 10.3 Å². The van der Waals surface area contributed by atoms with Gasteiger partial charge in [0, 0.05) is 18.3 Å². The van der Waals surface area contributed by atoms with E-state index in [1.807, 2.05) is 12.1 Å². The maximum absolute atomic E-state index is 14.3. The zero-order valence-electron chi connectivity index (χ0n) is 15.7. The zero-order valence-corrected chi connectivity index (χ0v) is 16.6. The monoisotopic (exact) mass is 443 g/mol. The van der Waals surface area contributed by atoms with Gasteiger partial charge >= 0.3 is 0 Å². The predicted molar refractivity (Wildman–Crippen MR) is 110 cm³/mol. The molecule has 31 heavy (non-hydrogen) atoms. The smallest absolute Gasteiger partial charge is 0.232 e. The molecule has 0 saturated carbocycles. The highest BCUT2D eigenvalue weighted by atomic mass is 32.2. The Morgan fingerprint density at radius 3 is 2.74 bits per heavy atom. The van der Waals surface area contributed by atoms with Gasteiger partial charge in [-0.25, -0.2) is 22.7 Å². The second kappa shape index (κ2) is 8.63. The van der Waals surface area contributed by atoms with Gasteiger partial charge < -0.3 is 5.73 Å². The van der Waals surface area contributed by atoms with Gasteiger partial charge in [0.05, 0.1) is 5.56 Å². The Kier molecular flexibility index (Phi) is 5.75. The Bertz CT molecular complexity index is 1280. The van der Waals surface area contributed by atoms with Crippen LogP contribution in [0.15, 0.2) is 54.7 Å². The van der Waals surface area contributed by atoms with Crippen LogP contribution in [0.5, 0.6) is 0 Å². The summed E-state index contributed by atoms with van der Waals surface area (Å²) in [4.78, 5) is 4.19. The first-order valence-electron chi connectivity index (χ1n) is 8.86. The van der Waals surface area contributed by atoms with E-state index in [1.165, 1.54) is 12.1 Å². The van der Waals surface area contributed by atoms with Crippen molar-refractivity contribution in [1.82, 2.24) is 29.9 Å². The Morgan fingerprint density at radius 1 is 1.13 bits per heavy atom. The largest absolute Gasteiger partial charge is 0.383 e. The van der Waals surface area contributed by atoms with E-state index in [0.717, 1.165) is 21.9 Å². The van der Waals surface area contributed by atoms with Crippen LogP contribution in [0.3, 0.4) is 0 Å². The number of hydrogen-bond donors (Lipinski definition) is 3. The van der Waals surface area contributed by atoms with Gasteiger partial charge in [-0.2, -0.15) is 4.68 Å². The van der Waals surface area contributed by atoms with Gasteiger partial charge in [0.2, 0.25) is 11.3 Å². The van der Waals surface area contributed by atoms with Crippen molar-refractivity contribution in [3.8, 4) is 28.2 Å². The molecule has 4 rings (SSSR count). The fourth-order valence-electron chi connectivity index (χ4n) is 2.99. The number of benzene rings is 2. The molecule has 12 heteroatoms. The van der Waals surface area contributed by atoms with Crippen LogP contribution in [0.4, 0.5) is 14.6 Å². The molecule has 4 N–H and O–H groups in total. The number of nitrogens with zero attached hydrogens (tertiary/aromatic N) is 5. The van der Waals surface area contributed by atoms with Crippen molar-refractivity contribution in [2.24, 2.45) is 0 Å². The zero-order chi connectivity index (χ0) is 22.0. The molecule has 0 radical (unpaired) electrons. The van der Waals surface area contributed by atoms with E-state index in [1.54, 1.807) is 24.4 Å². The summed E-state index contributed by atoms with van der Waals surface area (Å²) < 4.78 is 51.2. The molecule has 4 aromatic rings. The highest BCUT2D eigenvalue weighted by Gasteiger charge is 2.19. The normalized spacial score (nSPS) is 12.1. The summed E-state index contributed by atoms with van der Waals surface area (Å²) in [6.45, 7) is 0.184. The number of nitrogens with two attached hydrogens (primary N) is 1. The van der Waals surface area contributed by atoms with Crippen LogP contribution in [-0.2, 0) is 17.8 Å². The maximum atomic E-state index is 14.3. The molecule has 0 bridgehead atoms. The molecule has 1 atom stereocenters. The van der Waals surface area contributed by atoms with Crippen LogP contribution < -0.4 is 10.5 Å². The number of nitrogens with one attached hydrogen (secondary N) is 1. The number of rotatable bonds is 6. The summed E-state index contributed by atoms with van der Waals surface area (Å²) in [5, 5.41) is 11.3. The van der Waals surface area contributed by atoms with Crippen molar-refractivity contribution in [2.75, 3.05) is 5.73 Å². The minimum absolute atomic E-state index is 0.0878. The van der Waals surface area contributed by atoms with Crippen LogP contribution in [0, 0.1) is 11.6 Å². The Morgan fingerprint density at radius 2 is 1.94 bits per heavy atom. The van der Waals surface area contributed by atoms with Crippen molar-refractivity contribution in [1.29, 1.82) is 0 Å². The Hall–Kier alpha value is -3.61. The fraction of sp³-hybridized carbons (Fsp3) is 0.0526. The van der Waals surface area contributed by atoms with Crippen LogP contribution in [-0.4, -0.2) is 34.0 Å². The first kappa shape index (κ1) is 20.7. The number of aromatic nitrogens is 5. The van der Waals surface area contributed by atoms with E-state index in [9.17, 15) is 13.0 Å². The number of nitrogen functional groups attached to an aromatic ring is 1. The van der Waals surface area contributed by atoms with Gasteiger partial charge in [0.15, 0.2) is 17.5 Å². The quantitative estimate of drug-likeness (QED) is 0.390. The third kappa shape index (κ3) is 4.30. The maximum Gasteiger partial charge on any atom is 0.232 e. The lowest BCUT2D eigenvalue weighted by molar-refractivity contribution is 0.501. The molecule has 2 aromatic heterocycles. The molecule has 0 aliphatic rings. The molecule has 0 saturated heterocycles. The van der Waals surface area contributed by atoms with Crippen LogP contribution in [0.2, 0.25) is 0 Å². The molecule has 0 aliphatic carbocycles. The third-order valence-electron chi connectivity index (χ3n) is 4.45. The molecule has 9 nitrogen and oxygen atoms in total. The number of halogens is 2. The van der Waals surface area contributed by atoms with E-state index >= 15 is 0 Å². The summed E-state index contributed by atoms with van der Waals surface area (Å²) >= 11 is -2.13. The SMILES string of the molecule is Nc1ncc(-c2cccc(CNS(=O)O)c2)cc1-c1nnnn1-c1cccc(F)c1F. The minimum atomic E-state index is -2.13. The number of hydrogen-bond acceptors (Lipinski definition) is 6. The summed E-state index contributed by atoms with van der Waals surface area (Å²) in [5.41, 5.74) is 8.36. The Labute approximate surface area is 177 Å². The standard InChI is InChI=1S/C19H15F2N7O2S/c20-15-5-2-6-16(17(15)21)28-19(25-26-27-28)14-8-13(10-23-18(14)22)12-4-1-3-11(7-12)9-24-31(29)30/h1-8,10,24H,9H2,(H2,22,23)(H,29,30). The highest BCUT2D eigenvalue weighted by molar-refractivity contribution is 7.77. The van der Waals surface area contributed by atoms with E-state index in [0.29, 0.717) is 11.1 Å². The fourth-order valence-corrected chi connectivity index (χ4v) is 3.28. The first-order chi connectivity index (χ1) is 14.9. The molecule has 0 amide bonds. The topological polar surface area (TPSA) is 132 Å². The number of pyridine rings is 1. The highest BCUT2D eigenvalue weighted by Crippen LogP contribution is 2.30. The average molecular weight is 443 g/mol. The summed E-state index contributed by atoms with van der Waals surface area (Å²) in [7, 11) is 0. The van der Waals surface area contributed by atoms with Gasteiger partial charge in [-0.05, 0) is 45.8 Å². The summed E-state index contributed by atoms with van der Waals surface area (Å²) in [5.74, 6) is -1.94. The molecule has 0 fully saturated rings. The van der Waals surface area contributed by atoms with Gasteiger partial charge in [-0.3, -0.25) is 4.55 Å². The number of anilines is 1. The van der Waals surface area contributed by atoms with Crippen molar-refractivity contribution >= 4 is 17.1 Å². The molecular weight excluding hydrogens is 428 g/mol. The average Bonchev–Trinajstić information content (AvgIpc) is 3.24. The number of tetrazole rings is 1. The summed E-state index contributed by atoms with van der Waals surface area (Å²) in [6.07, 6.45) is 1.55. The molecule has 2 heterocycles. The van der Waals surface area contributed by atoms with Crippen molar-refractivity contribution < 1.29 is 17.5 Å². The van der Waals surface area contributed by atoms with E-state index in [2.05, 4.69) is 25.2 Å². The Balaban J connectivity index is 1.76. The molecule has 0 aliphatic heterocycles. The second-order valence-electron chi connectivity index (χ2n) is 6.41. The van der Waals surface area contributed by atoms with Crippen LogP contribution in [0.25, 0.3) is 28.2 Å². The van der Waals surface area contributed by atoms with Crippen molar-refractivity contribution in [3.05, 3.63) is 71.9 Å². The predicted octanol–water partition coefficient (Wildman–Crippen LogP) is 2.48. The molecular formula is C19H15F2N7O2S. The van der Waals surface area contributed by atoms with Gasteiger partial charge in [0.1, 0.15) is 11.5 Å². The molecule has 0 spiro atoms. The van der Waals surface area contributed by atoms with E-state index < -0.39 is 22.9 Å². The lowest BCUT2D eigenvalue weighted by Gasteiger charge is -2.10. The van der Waals surface area contributed by atoms with Crippen molar-refractivity contribution in [3.63, 3.8) is 0 Å². The van der Waals surface area contributed by atoms with Crippen LogP contribution >= 0.6 is 0 Å². The van der Waals surface area contributed by atoms with Gasteiger partial charge in [-0.15, -0.1) is 5.10 Å². The first-order valence-corrected chi connectivity index (χ1v) is 9.97.